The zero-order valence-electron chi connectivity index (χ0n) is 9.26. The lowest BCUT2D eigenvalue weighted by atomic mass is 10.2. The molecule has 0 amide bonds. The molecule has 16 heavy (non-hydrogen) atoms. The van der Waals surface area contributed by atoms with E-state index in [1.807, 2.05) is 6.07 Å². The molecule has 1 rings (SSSR count). The van der Waals surface area contributed by atoms with E-state index in [9.17, 15) is 4.21 Å². The predicted molar refractivity (Wildman–Crippen MR) is 76.9 cm³/mol. The number of rotatable bonds is 6. The summed E-state index contributed by atoms with van der Waals surface area (Å²) in [5, 5.41) is 3.39. The van der Waals surface area contributed by atoms with E-state index in [1.165, 1.54) is 4.88 Å². The Kier molecular flexibility index (Phi) is 6.51. The number of thiophene rings is 1. The van der Waals surface area contributed by atoms with Gasteiger partial charge in [-0.3, -0.25) is 4.21 Å². The first kappa shape index (κ1) is 14.6. The molecule has 0 aliphatic rings. The third-order valence-electron chi connectivity index (χ3n) is 2.16. The fourth-order valence-corrected chi connectivity index (χ4v) is 3.63. The average Bonchev–Trinajstić information content (AvgIpc) is 2.52. The van der Waals surface area contributed by atoms with Gasteiger partial charge in [-0.2, -0.15) is 0 Å². The normalized spacial score (nSPS) is 15.0. The highest BCUT2D eigenvalue weighted by atomic mass is 79.9. The molecule has 2 atom stereocenters. The van der Waals surface area contributed by atoms with Crippen LogP contribution >= 0.6 is 38.9 Å². The summed E-state index contributed by atoms with van der Waals surface area (Å²) >= 11 is 10.9. The highest BCUT2D eigenvalue weighted by Crippen LogP contribution is 2.31. The van der Waals surface area contributed by atoms with E-state index in [1.54, 1.807) is 17.6 Å². The van der Waals surface area contributed by atoms with E-state index >= 15 is 0 Å². The lowest BCUT2D eigenvalue weighted by Gasteiger charge is -2.11. The zero-order chi connectivity index (χ0) is 12.1. The maximum Gasteiger partial charge on any atom is 0.107 e. The van der Waals surface area contributed by atoms with E-state index < -0.39 is 10.8 Å². The minimum Gasteiger partial charge on any atom is -0.309 e. The molecule has 0 saturated heterocycles. The van der Waals surface area contributed by atoms with Crippen LogP contribution in [0.15, 0.2) is 10.5 Å². The van der Waals surface area contributed by atoms with Crippen LogP contribution < -0.4 is 5.32 Å². The van der Waals surface area contributed by atoms with Crippen LogP contribution in [0.4, 0.5) is 0 Å². The van der Waals surface area contributed by atoms with Crippen molar-refractivity contribution in [2.75, 3.05) is 12.0 Å². The molecular formula is C10H15BrClNOS2. The third kappa shape index (κ3) is 5.27. The fraction of sp³-hybridized carbons (Fsp3) is 0.600. The van der Waals surface area contributed by atoms with E-state index in [0.717, 1.165) is 27.5 Å². The lowest BCUT2D eigenvalue weighted by molar-refractivity contribution is 0.538. The van der Waals surface area contributed by atoms with Crippen LogP contribution in [0.25, 0.3) is 0 Å². The molecule has 0 saturated carbocycles. The van der Waals surface area contributed by atoms with Crippen molar-refractivity contribution in [3.8, 4) is 0 Å². The molecule has 2 unspecified atom stereocenters. The van der Waals surface area contributed by atoms with Gasteiger partial charge in [0.05, 0.1) is 0 Å². The number of hydrogen-bond donors (Lipinski definition) is 1. The van der Waals surface area contributed by atoms with Gasteiger partial charge in [0.1, 0.15) is 4.34 Å². The van der Waals surface area contributed by atoms with Crippen molar-refractivity contribution >= 4 is 49.7 Å². The zero-order valence-corrected chi connectivity index (χ0v) is 13.2. The monoisotopic (exact) mass is 343 g/mol. The Morgan fingerprint density at radius 3 is 2.88 bits per heavy atom. The molecule has 0 bridgehead atoms. The van der Waals surface area contributed by atoms with Gasteiger partial charge in [-0.25, -0.2) is 0 Å². The Bertz CT molecular complexity index is 350. The van der Waals surface area contributed by atoms with Crippen LogP contribution in [0.2, 0.25) is 4.34 Å². The number of halogens is 2. The summed E-state index contributed by atoms with van der Waals surface area (Å²) in [7, 11) is -0.700. The van der Waals surface area contributed by atoms with Gasteiger partial charge in [-0.05, 0) is 35.3 Å². The summed E-state index contributed by atoms with van der Waals surface area (Å²) < 4.78 is 12.7. The van der Waals surface area contributed by atoms with Gasteiger partial charge in [-0.1, -0.05) is 11.6 Å². The second-order valence-electron chi connectivity index (χ2n) is 3.68. The third-order valence-corrected chi connectivity index (χ3v) is 5.44. The fourth-order valence-electron chi connectivity index (χ4n) is 1.20. The molecule has 1 N–H and O–H groups in total. The smallest absolute Gasteiger partial charge is 0.107 e. The molecule has 0 aromatic carbocycles. The molecule has 0 aliphatic carbocycles. The molecule has 0 fully saturated rings. The first-order valence-electron chi connectivity index (χ1n) is 4.96. The van der Waals surface area contributed by atoms with Gasteiger partial charge in [0.15, 0.2) is 0 Å². The second kappa shape index (κ2) is 7.11. The van der Waals surface area contributed by atoms with Gasteiger partial charge in [0, 0.05) is 44.7 Å². The van der Waals surface area contributed by atoms with Gasteiger partial charge < -0.3 is 5.32 Å². The number of nitrogens with one attached hydrogen (secondary N) is 1. The van der Waals surface area contributed by atoms with Crippen molar-refractivity contribution in [2.24, 2.45) is 0 Å². The standard InChI is InChI=1S/C10H15BrClNOS2/c1-7(3-4-16(2)14)13-6-8-5-9(11)10(12)15-8/h5,7,13H,3-4,6H2,1-2H3. The topological polar surface area (TPSA) is 29.1 Å². The Hall–Kier alpha value is 0.580. The van der Waals surface area contributed by atoms with E-state index in [-0.39, 0.29) is 0 Å². The van der Waals surface area contributed by atoms with Gasteiger partial charge in [0.25, 0.3) is 0 Å². The first-order chi connectivity index (χ1) is 7.49. The second-order valence-corrected chi connectivity index (χ2v) is 7.83. The van der Waals surface area contributed by atoms with Crippen LogP contribution in [-0.2, 0) is 17.3 Å². The maximum absolute atomic E-state index is 10.9. The highest BCUT2D eigenvalue weighted by Gasteiger charge is 2.06. The van der Waals surface area contributed by atoms with Crippen molar-refractivity contribution in [1.82, 2.24) is 5.32 Å². The first-order valence-corrected chi connectivity index (χ1v) is 8.67. The van der Waals surface area contributed by atoms with Gasteiger partial charge in [-0.15, -0.1) is 11.3 Å². The highest BCUT2D eigenvalue weighted by molar-refractivity contribution is 9.10. The molecule has 6 heteroatoms. The lowest BCUT2D eigenvalue weighted by Crippen LogP contribution is -2.26. The SMILES string of the molecule is CC(CCS(C)=O)NCc1cc(Br)c(Cl)s1. The van der Waals surface area contributed by atoms with Crippen molar-refractivity contribution in [3.05, 3.63) is 19.8 Å². The van der Waals surface area contributed by atoms with Crippen LogP contribution in [0.1, 0.15) is 18.2 Å². The summed E-state index contributed by atoms with van der Waals surface area (Å²) in [5.74, 6) is 0.753. The maximum atomic E-state index is 10.9. The predicted octanol–water partition coefficient (Wildman–Crippen LogP) is 3.41. The van der Waals surface area contributed by atoms with Crippen LogP contribution in [-0.4, -0.2) is 22.3 Å². The molecule has 0 spiro atoms. The van der Waals surface area contributed by atoms with E-state index in [4.69, 9.17) is 11.6 Å². The summed E-state index contributed by atoms with van der Waals surface area (Å²) in [6, 6.07) is 2.41. The molecule has 0 radical (unpaired) electrons. The molecule has 1 aromatic heterocycles. The minimum atomic E-state index is -0.700. The molecule has 0 aliphatic heterocycles. The van der Waals surface area contributed by atoms with Crippen molar-refractivity contribution < 1.29 is 4.21 Å². The van der Waals surface area contributed by atoms with Gasteiger partial charge >= 0.3 is 0 Å². The molecule has 1 heterocycles. The molecular weight excluding hydrogens is 330 g/mol. The van der Waals surface area contributed by atoms with E-state index in [2.05, 4.69) is 28.2 Å². The summed E-state index contributed by atoms with van der Waals surface area (Å²) in [6.45, 7) is 2.92. The Morgan fingerprint density at radius 2 is 2.38 bits per heavy atom. The van der Waals surface area contributed by atoms with Crippen molar-refractivity contribution in [2.45, 2.75) is 25.9 Å². The van der Waals surface area contributed by atoms with Crippen LogP contribution in [0.3, 0.4) is 0 Å². The minimum absolute atomic E-state index is 0.378. The number of hydrogen-bond acceptors (Lipinski definition) is 3. The molecule has 1 aromatic rings. The quantitative estimate of drug-likeness (QED) is 0.857. The average molecular weight is 345 g/mol. The molecule has 2 nitrogen and oxygen atoms in total. The van der Waals surface area contributed by atoms with Crippen LogP contribution in [0, 0.1) is 0 Å². The summed E-state index contributed by atoms with van der Waals surface area (Å²) in [5.41, 5.74) is 0. The van der Waals surface area contributed by atoms with Gasteiger partial charge in [0.2, 0.25) is 0 Å². The van der Waals surface area contributed by atoms with Crippen molar-refractivity contribution in [3.63, 3.8) is 0 Å². The van der Waals surface area contributed by atoms with Crippen LogP contribution in [0.5, 0.6) is 0 Å². The Labute approximate surface area is 116 Å². The summed E-state index contributed by atoms with van der Waals surface area (Å²) in [6.07, 6.45) is 2.67. The van der Waals surface area contributed by atoms with E-state index in [0.29, 0.717) is 6.04 Å². The largest absolute Gasteiger partial charge is 0.309 e. The van der Waals surface area contributed by atoms with Crippen molar-refractivity contribution in [1.29, 1.82) is 0 Å². The Balaban J connectivity index is 2.31. The molecule has 92 valence electrons. The summed E-state index contributed by atoms with van der Waals surface area (Å²) in [4.78, 5) is 1.21. The Morgan fingerprint density at radius 1 is 1.69 bits per heavy atom.